The van der Waals surface area contributed by atoms with Crippen LogP contribution in [0.2, 0.25) is 5.02 Å². The minimum Gasteiger partial charge on any atom is -0.496 e. The van der Waals surface area contributed by atoms with Crippen molar-refractivity contribution >= 4 is 33.2 Å². The Bertz CT molecular complexity index is 810. The number of ether oxygens (including phenoxy) is 1. The minimum absolute atomic E-state index is 0.130. The lowest BCUT2D eigenvalue weighted by Crippen LogP contribution is -2.02. The number of methoxy groups -OCH3 is 1. The summed E-state index contributed by atoms with van der Waals surface area (Å²) in [6.07, 6.45) is 1.40. The predicted octanol–water partition coefficient (Wildman–Crippen LogP) is 3.31. The van der Waals surface area contributed by atoms with E-state index in [0.717, 1.165) is 10.4 Å². The van der Waals surface area contributed by atoms with Gasteiger partial charge in [-0.25, -0.2) is 4.98 Å². The third kappa shape index (κ3) is 2.11. The van der Waals surface area contributed by atoms with Crippen molar-refractivity contribution in [3.63, 3.8) is 0 Å². The Hall–Kier alpha value is -1.85. The predicted molar refractivity (Wildman–Crippen MR) is 77.2 cm³/mol. The topological polar surface area (TPSA) is 55.0 Å². The van der Waals surface area contributed by atoms with E-state index in [1.54, 1.807) is 19.2 Å². The van der Waals surface area contributed by atoms with E-state index in [1.165, 1.54) is 17.7 Å². The van der Waals surface area contributed by atoms with Crippen molar-refractivity contribution in [2.45, 2.75) is 0 Å². The van der Waals surface area contributed by atoms with Crippen LogP contribution in [-0.2, 0) is 0 Å². The van der Waals surface area contributed by atoms with E-state index in [2.05, 4.69) is 9.97 Å². The number of thiophene rings is 1. The summed E-state index contributed by atoms with van der Waals surface area (Å²) in [6.45, 7) is 0. The Kier molecular flexibility index (Phi) is 3.00. The van der Waals surface area contributed by atoms with E-state index in [1.807, 2.05) is 12.1 Å². The number of halogens is 1. The molecule has 3 aromatic rings. The molecular weight excluding hydrogens is 284 g/mol. The highest BCUT2D eigenvalue weighted by molar-refractivity contribution is 7.22. The monoisotopic (exact) mass is 292 g/mol. The average Bonchev–Trinajstić information content (AvgIpc) is 2.83. The van der Waals surface area contributed by atoms with Crippen molar-refractivity contribution < 1.29 is 4.74 Å². The van der Waals surface area contributed by atoms with Gasteiger partial charge in [-0.15, -0.1) is 11.3 Å². The zero-order chi connectivity index (χ0) is 13.4. The molecule has 0 saturated heterocycles. The summed E-state index contributed by atoms with van der Waals surface area (Å²) in [7, 11) is 1.59. The summed E-state index contributed by atoms with van der Waals surface area (Å²) in [5.41, 5.74) is 1.45. The lowest BCUT2D eigenvalue weighted by atomic mass is 10.1. The molecule has 2 heterocycles. The first-order valence-electron chi connectivity index (χ1n) is 5.50. The van der Waals surface area contributed by atoms with Crippen LogP contribution in [0.15, 0.2) is 35.4 Å². The van der Waals surface area contributed by atoms with Gasteiger partial charge in [0.05, 0.1) is 19.0 Å². The van der Waals surface area contributed by atoms with E-state index >= 15 is 0 Å². The fourth-order valence-corrected chi connectivity index (χ4v) is 3.07. The molecular formula is C13H9ClN2O2S. The Morgan fingerprint density at radius 2 is 2.21 bits per heavy atom. The number of aromatic nitrogens is 2. The van der Waals surface area contributed by atoms with Crippen LogP contribution in [0.25, 0.3) is 20.7 Å². The smallest absolute Gasteiger partial charge is 0.268 e. The maximum absolute atomic E-state index is 11.7. The van der Waals surface area contributed by atoms with E-state index in [-0.39, 0.29) is 5.56 Å². The second-order valence-electron chi connectivity index (χ2n) is 3.90. The zero-order valence-corrected chi connectivity index (χ0v) is 11.5. The van der Waals surface area contributed by atoms with Gasteiger partial charge in [-0.1, -0.05) is 11.6 Å². The first-order chi connectivity index (χ1) is 9.19. The van der Waals surface area contributed by atoms with Gasteiger partial charge in [0.2, 0.25) is 0 Å². The average molecular weight is 293 g/mol. The number of aromatic amines is 1. The Labute approximate surface area is 117 Å². The molecule has 6 heteroatoms. The lowest BCUT2D eigenvalue weighted by molar-refractivity contribution is 0.416. The van der Waals surface area contributed by atoms with Gasteiger partial charge in [0.25, 0.3) is 5.56 Å². The third-order valence-corrected chi connectivity index (χ3v) is 4.14. The molecule has 0 aliphatic rings. The van der Waals surface area contributed by atoms with Gasteiger partial charge in [0.15, 0.2) is 0 Å². The number of rotatable bonds is 2. The molecule has 4 nitrogen and oxygen atoms in total. The maximum atomic E-state index is 11.7. The summed E-state index contributed by atoms with van der Waals surface area (Å²) < 4.78 is 5.93. The van der Waals surface area contributed by atoms with Crippen LogP contribution in [0.4, 0.5) is 0 Å². The molecule has 0 saturated carbocycles. The second kappa shape index (κ2) is 4.68. The molecule has 0 aliphatic heterocycles. The van der Waals surface area contributed by atoms with Crippen LogP contribution in [0.1, 0.15) is 0 Å². The number of fused-ring (bicyclic) bond motifs is 1. The second-order valence-corrected chi connectivity index (χ2v) is 5.39. The molecule has 0 spiro atoms. The number of hydrogen-bond donors (Lipinski definition) is 1. The van der Waals surface area contributed by atoms with Gasteiger partial charge in [0.1, 0.15) is 10.4 Å². The van der Waals surface area contributed by atoms with Gasteiger partial charge in [0, 0.05) is 15.5 Å². The number of nitrogens with one attached hydrogen (secondary N) is 1. The fourth-order valence-electron chi connectivity index (χ4n) is 1.87. The van der Waals surface area contributed by atoms with E-state index < -0.39 is 0 Å². The molecule has 0 bridgehead atoms. The molecule has 0 radical (unpaired) electrons. The zero-order valence-electron chi connectivity index (χ0n) is 9.94. The summed E-state index contributed by atoms with van der Waals surface area (Å²) in [6, 6.07) is 7.29. The summed E-state index contributed by atoms with van der Waals surface area (Å²) >= 11 is 7.33. The first kappa shape index (κ1) is 12.2. The number of benzene rings is 1. The van der Waals surface area contributed by atoms with Crippen molar-refractivity contribution in [1.29, 1.82) is 0 Å². The highest BCUT2D eigenvalue weighted by Gasteiger charge is 2.12. The minimum atomic E-state index is -0.130. The molecule has 3 rings (SSSR count). The molecule has 1 N–H and O–H groups in total. The molecule has 96 valence electrons. The molecule has 0 aliphatic carbocycles. The van der Waals surface area contributed by atoms with Crippen LogP contribution >= 0.6 is 22.9 Å². The number of hydrogen-bond acceptors (Lipinski definition) is 4. The summed E-state index contributed by atoms with van der Waals surface area (Å²) in [5.74, 6) is 0.676. The first-order valence-corrected chi connectivity index (χ1v) is 6.69. The quantitative estimate of drug-likeness (QED) is 0.788. The van der Waals surface area contributed by atoms with Gasteiger partial charge in [-0.2, -0.15) is 0 Å². The van der Waals surface area contributed by atoms with E-state index in [0.29, 0.717) is 21.0 Å². The van der Waals surface area contributed by atoms with Gasteiger partial charge < -0.3 is 9.72 Å². The summed E-state index contributed by atoms with van der Waals surface area (Å²) in [5, 5.41) is 0.609. The molecule has 0 unspecified atom stereocenters. The fraction of sp³-hybridized carbons (Fsp3) is 0.0769. The Balaban J connectivity index is 2.25. The van der Waals surface area contributed by atoms with Crippen molar-refractivity contribution in [2.75, 3.05) is 7.11 Å². The van der Waals surface area contributed by atoms with Gasteiger partial charge in [-0.05, 0) is 24.3 Å². The summed E-state index contributed by atoms with van der Waals surface area (Å²) in [4.78, 5) is 19.3. The maximum Gasteiger partial charge on any atom is 0.268 e. The van der Waals surface area contributed by atoms with Crippen molar-refractivity contribution in [2.24, 2.45) is 0 Å². The van der Waals surface area contributed by atoms with Crippen molar-refractivity contribution in [3.05, 3.63) is 46.0 Å². The SMILES string of the molecule is COc1cc(Cl)ccc1-c1cc2nc[nH]c(=O)c2s1. The van der Waals surface area contributed by atoms with Crippen LogP contribution in [0.5, 0.6) is 5.75 Å². The standard InChI is InChI=1S/C13H9ClN2O2S/c1-18-10-4-7(14)2-3-8(10)11-5-9-12(19-11)13(17)16-6-15-9/h2-6H,1H3,(H,15,16,17). The molecule has 19 heavy (non-hydrogen) atoms. The molecule has 0 fully saturated rings. The molecule has 1 aromatic carbocycles. The third-order valence-electron chi connectivity index (χ3n) is 2.75. The van der Waals surface area contributed by atoms with E-state index in [9.17, 15) is 4.79 Å². The van der Waals surface area contributed by atoms with Crippen LogP contribution in [0, 0.1) is 0 Å². The van der Waals surface area contributed by atoms with Crippen molar-refractivity contribution in [1.82, 2.24) is 9.97 Å². The number of nitrogens with zero attached hydrogens (tertiary/aromatic N) is 1. The van der Waals surface area contributed by atoms with Gasteiger partial charge in [-0.3, -0.25) is 4.79 Å². The highest BCUT2D eigenvalue weighted by Crippen LogP contribution is 2.37. The molecule has 2 aromatic heterocycles. The molecule has 0 atom stereocenters. The van der Waals surface area contributed by atoms with E-state index in [4.69, 9.17) is 16.3 Å². The van der Waals surface area contributed by atoms with Gasteiger partial charge >= 0.3 is 0 Å². The normalized spacial score (nSPS) is 10.8. The van der Waals surface area contributed by atoms with Crippen molar-refractivity contribution in [3.8, 4) is 16.2 Å². The number of H-pyrrole nitrogens is 1. The molecule has 0 amide bonds. The van der Waals surface area contributed by atoms with Crippen LogP contribution in [-0.4, -0.2) is 17.1 Å². The Morgan fingerprint density at radius 1 is 1.37 bits per heavy atom. The van der Waals surface area contributed by atoms with Crippen LogP contribution in [0.3, 0.4) is 0 Å². The lowest BCUT2D eigenvalue weighted by Gasteiger charge is -2.06. The largest absolute Gasteiger partial charge is 0.496 e. The Morgan fingerprint density at radius 3 is 2.95 bits per heavy atom. The highest BCUT2D eigenvalue weighted by atomic mass is 35.5. The van der Waals surface area contributed by atoms with Crippen LogP contribution < -0.4 is 10.3 Å².